The Morgan fingerprint density at radius 1 is 1.10 bits per heavy atom. The normalized spacial score (nSPS) is 23.5. The molecule has 0 aliphatic heterocycles. The SMILES string of the molecule is COC(=O)c1cc(CC(=O)c2ccno2)cc(-c2ccc(O)c3c2C[C@H]2C[C@@H]4[C@H](N(C)C)C(=O)C(C(N)=O)=C(O)[C@@]4(O)C(=O)C2=C3O)c1. The molecule has 0 unspecified atom stereocenters. The molecule has 48 heavy (non-hydrogen) atoms. The molecule has 1 amide bonds. The number of aromatic nitrogens is 1. The summed E-state index contributed by atoms with van der Waals surface area (Å²) in [5, 5.41) is 49.0. The lowest BCUT2D eigenvalue weighted by atomic mass is 9.57. The second-order valence-corrected chi connectivity index (χ2v) is 12.3. The number of nitrogens with zero attached hydrogens (tertiary/aromatic N) is 2. The highest BCUT2D eigenvalue weighted by molar-refractivity contribution is 6.24. The lowest BCUT2D eigenvalue weighted by molar-refractivity contribution is -0.153. The van der Waals surface area contributed by atoms with Crippen molar-refractivity contribution in [1.29, 1.82) is 0 Å². The van der Waals surface area contributed by atoms with Gasteiger partial charge in [0.2, 0.25) is 17.3 Å². The van der Waals surface area contributed by atoms with E-state index in [-0.39, 0.29) is 41.7 Å². The highest BCUT2D eigenvalue weighted by Crippen LogP contribution is 2.53. The minimum atomic E-state index is -2.77. The lowest BCUT2D eigenvalue weighted by Gasteiger charge is -2.50. The zero-order valence-corrected chi connectivity index (χ0v) is 26.0. The molecule has 0 bridgehead atoms. The number of aliphatic hydroxyl groups is 3. The number of ether oxygens (including phenoxy) is 1. The maximum Gasteiger partial charge on any atom is 0.337 e. The van der Waals surface area contributed by atoms with Crippen LogP contribution in [0.4, 0.5) is 0 Å². The number of aromatic hydroxyl groups is 1. The van der Waals surface area contributed by atoms with E-state index in [0.717, 1.165) is 0 Å². The van der Waals surface area contributed by atoms with E-state index < -0.39 is 75.5 Å². The molecular formula is C34H31N3O11. The molecule has 0 saturated heterocycles. The molecule has 3 aliphatic carbocycles. The van der Waals surface area contributed by atoms with Crippen LogP contribution in [0.1, 0.15) is 44.0 Å². The van der Waals surface area contributed by atoms with E-state index in [1.165, 1.54) is 56.6 Å². The van der Waals surface area contributed by atoms with Gasteiger partial charge in [-0.15, -0.1) is 0 Å². The van der Waals surface area contributed by atoms with E-state index >= 15 is 0 Å². The standard InChI is InChI=1S/C34H31N3O11/c1-37(2)27-20-13-16-12-19-18(15-8-14(9-17(11-15)33(45)47-3)10-22(39)23-6-7-36-48-23)4-5-21(38)25(19)28(40)24(16)30(42)34(20,46)31(43)26(29(27)41)32(35)44/h4-9,11,16,20,27,38,40,43,46H,10,12-13H2,1-3H3,(H2,35,44)/t16-,20+,27-,34-/m0/s1. The number of Topliss-reactive ketones (excluding diaryl/α,β-unsaturated/α-hetero) is 3. The van der Waals surface area contributed by atoms with Gasteiger partial charge in [-0.25, -0.2) is 4.79 Å². The highest BCUT2D eigenvalue weighted by atomic mass is 16.5. The summed E-state index contributed by atoms with van der Waals surface area (Å²) < 4.78 is 9.91. The van der Waals surface area contributed by atoms with Crippen LogP contribution in [0, 0.1) is 11.8 Å². The number of primary amides is 1. The molecule has 1 heterocycles. The molecule has 2 aromatic carbocycles. The van der Waals surface area contributed by atoms with Crippen LogP contribution in [-0.4, -0.2) is 92.6 Å². The third-order valence-electron chi connectivity index (χ3n) is 9.41. The van der Waals surface area contributed by atoms with E-state index in [0.29, 0.717) is 22.3 Å². The Kier molecular flexibility index (Phi) is 7.80. The number of amides is 1. The number of hydrogen-bond acceptors (Lipinski definition) is 13. The molecule has 0 radical (unpaired) electrons. The van der Waals surface area contributed by atoms with Crippen molar-refractivity contribution < 1.29 is 53.7 Å². The Bertz CT molecular complexity index is 1990. The van der Waals surface area contributed by atoms with Gasteiger partial charge in [0.05, 0.1) is 30.5 Å². The van der Waals surface area contributed by atoms with Gasteiger partial charge in [-0.1, -0.05) is 17.3 Å². The van der Waals surface area contributed by atoms with Crippen LogP contribution in [-0.2, 0) is 32.0 Å². The average Bonchev–Trinajstić information content (AvgIpc) is 3.57. The van der Waals surface area contributed by atoms with Crippen LogP contribution < -0.4 is 5.73 Å². The van der Waals surface area contributed by atoms with Crippen LogP contribution in [0.5, 0.6) is 5.75 Å². The van der Waals surface area contributed by atoms with Crippen molar-refractivity contribution in [2.45, 2.75) is 30.9 Å². The average molecular weight is 658 g/mol. The Morgan fingerprint density at radius 2 is 1.83 bits per heavy atom. The van der Waals surface area contributed by atoms with Crippen LogP contribution in [0.15, 0.2) is 64.0 Å². The number of carbonyl (C=O) groups is 5. The first-order chi connectivity index (χ1) is 22.7. The molecule has 248 valence electrons. The predicted octanol–water partition coefficient (Wildman–Crippen LogP) is 1.83. The summed E-state index contributed by atoms with van der Waals surface area (Å²) in [5.41, 5.74) is 3.10. The first kappa shape index (κ1) is 32.3. The third-order valence-corrected chi connectivity index (χ3v) is 9.41. The fourth-order valence-corrected chi connectivity index (χ4v) is 7.33. The van der Waals surface area contributed by atoms with Crippen molar-refractivity contribution in [2.75, 3.05) is 21.2 Å². The van der Waals surface area contributed by atoms with Gasteiger partial charge in [-0.3, -0.25) is 24.1 Å². The minimum Gasteiger partial charge on any atom is -0.508 e. The quantitative estimate of drug-likeness (QED) is 0.139. The summed E-state index contributed by atoms with van der Waals surface area (Å²) in [6, 6.07) is 7.70. The first-order valence-electron chi connectivity index (χ1n) is 14.9. The zero-order chi connectivity index (χ0) is 34.8. The largest absolute Gasteiger partial charge is 0.508 e. The minimum absolute atomic E-state index is 0.0209. The third kappa shape index (κ3) is 4.79. The number of methoxy groups -OCH3 is 1. The maximum atomic E-state index is 14.1. The van der Waals surface area contributed by atoms with Gasteiger partial charge in [0, 0.05) is 24.0 Å². The Morgan fingerprint density at radius 3 is 2.46 bits per heavy atom. The van der Waals surface area contributed by atoms with Gasteiger partial charge in [-0.05, 0) is 73.3 Å². The number of likely N-dealkylation sites (N-methyl/N-ethyl adjacent to an activating group) is 1. The van der Waals surface area contributed by atoms with Gasteiger partial charge < -0.3 is 35.4 Å². The van der Waals surface area contributed by atoms with Crippen LogP contribution in [0.2, 0.25) is 0 Å². The summed E-state index contributed by atoms with van der Waals surface area (Å²) in [6.45, 7) is 0. The monoisotopic (exact) mass is 657 g/mol. The van der Waals surface area contributed by atoms with Crippen LogP contribution in [0.25, 0.3) is 16.9 Å². The summed E-state index contributed by atoms with van der Waals surface area (Å²) in [7, 11) is 4.24. The molecule has 3 aliphatic rings. The summed E-state index contributed by atoms with van der Waals surface area (Å²) in [4.78, 5) is 66.7. The van der Waals surface area contributed by atoms with E-state index in [4.69, 9.17) is 15.0 Å². The molecular weight excluding hydrogens is 626 g/mol. The molecule has 1 fully saturated rings. The van der Waals surface area contributed by atoms with Gasteiger partial charge in [0.1, 0.15) is 22.8 Å². The topological polar surface area (TPSA) is 231 Å². The summed E-state index contributed by atoms with van der Waals surface area (Å²) >= 11 is 0. The van der Waals surface area contributed by atoms with Crippen molar-refractivity contribution in [3.63, 3.8) is 0 Å². The Balaban J connectivity index is 1.51. The maximum absolute atomic E-state index is 14.1. The van der Waals surface area contributed by atoms with Crippen molar-refractivity contribution in [3.8, 4) is 16.9 Å². The Hall–Kier alpha value is -5.60. The van der Waals surface area contributed by atoms with Crippen LogP contribution >= 0.6 is 0 Å². The molecule has 4 atom stereocenters. The number of nitrogens with two attached hydrogens (primary N) is 1. The number of phenols is 1. The van der Waals surface area contributed by atoms with Crippen molar-refractivity contribution in [3.05, 3.63) is 87.5 Å². The number of hydrogen-bond donors (Lipinski definition) is 5. The Labute approximate surface area is 272 Å². The fraction of sp³-hybridized carbons (Fsp3) is 0.294. The number of esters is 1. The number of benzene rings is 2. The molecule has 0 spiro atoms. The second kappa shape index (κ2) is 11.6. The lowest BCUT2D eigenvalue weighted by Crippen LogP contribution is -2.65. The van der Waals surface area contributed by atoms with Gasteiger partial charge in [-0.2, -0.15) is 0 Å². The number of fused-ring (bicyclic) bond motifs is 3. The van der Waals surface area contributed by atoms with Crippen molar-refractivity contribution in [2.24, 2.45) is 17.6 Å². The van der Waals surface area contributed by atoms with E-state index in [1.54, 1.807) is 12.1 Å². The second-order valence-electron chi connectivity index (χ2n) is 12.3. The smallest absolute Gasteiger partial charge is 0.337 e. The predicted molar refractivity (Wildman–Crippen MR) is 166 cm³/mol. The van der Waals surface area contributed by atoms with E-state index in [9.17, 15) is 44.4 Å². The highest BCUT2D eigenvalue weighted by Gasteiger charge is 2.64. The summed E-state index contributed by atoms with van der Waals surface area (Å²) in [6.07, 6.45) is 1.09. The zero-order valence-electron chi connectivity index (χ0n) is 26.0. The van der Waals surface area contributed by atoms with Crippen molar-refractivity contribution >= 4 is 35.0 Å². The van der Waals surface area contributed by atoms with Crippen LogP contribution in [0.3, 0.4) is 0 Å². The first-order valence-corrected chi connectivity index (χ1v) is 14.9. The number of ketones is 3. The molecule has 6 rings (SSSR count). The molecule has 14 nitrogen and oxygen atoms in total. The molecule has 14 heteroatoms. The number of aliphatic hydroxyl groups excluding tert-OH is 2. The van der Waals surface area contributed by atoms with Gasteiger partial charge >= 0.3 is 5.97 Å². The number of phenolic OH excluding ortho intramolecular Hbond substituents is 1. The molecule has 1 saturated carbocycles. The number of rotatable bonds is 7. The van der Waals surface area contributed by atoms with E-state index in [2.05, 4.69) is 5.16 Å². The van der Waals surface area contributed by atoms with E-state index in [1.807, 2.05) is 0 Å². The van der Waals surface area contributed by atoms with Gasteiger partial charge in [0.25, 0.3) is 5.91 Å². The molecule has 1 aromatic heterocycles. The molecule has 6 N–H and O–H groups in total. The fourth-order valence-electron chi connectivity index (χ4n) is 7.33. The van der Waals surface area contributed by atoms with Gasteiger partial charge in [0.15, 0.2) is 11.4 Å². The molecule has 3 aromatic rings. The van der Waals surface area contributed by atoms with Crippen molar-refractivity contribution in [1.82, 2.24) is 10.1 Å². The summed E-state index contributed by atoms with van der Waals surface area (Å²) in [5.74, 6) is -8.66. The number of carbonyl (C=O) groups excluding carboxylic acids is 5.